The van der Waals surface area contributed by atoms with Gasteiger partial charge in [-0.15, -0.1) is 0 Å². The fourth-order valence-corrected chi connectivity index (χ4v) is 2.68. The summed E-state index contributed by atoms with van der Waals surface area (Å²) in [4.78, 5) is 21.7. The lowest BCUT2D eigenvalue weighted by atomic mass is 10.1. The molecular formula is C23H38N2O5. The molecule has 0 rings (SSSR count). The fourth-order valence-electron chi connectivity index (χ4n) is 2.68. The number of carboxylic acids is 1. The molecule has 0 aromatic carbocycles. The molecule has 6 N–H and O–H groups in total. The number of aliphatic carboxylic acids is 1. The van der Waals surface area contributed by atoms with E-state index in [9.17, 15) is 19.8 Å². The number of carboxylic acid groups (broad SMARTS) is 1. The van der Waals surface area contributed by atoms with Gasteiger partial charge in [-0.2, -0.15) is 0 Å². The molecule has 0 saturated heterocycles. The van der Waals surface area contributed by atoms with Gasteiger partial charge in [0.2, 0.25) is 5.91 Å². The first-order valence-corrected chi connectivity index (χ1v) is 10.6. The van der Waals surface area contributed by atoms with E-state index in [1.807, 2.05) is 6.08 Å². The first-order chi connectivity index (χ1) is 14.3. The summed E-state index contributed by atoms with van der Waals surface area (Å²) in [6.45, 7) is 2.44. The van der Waals surface area contributed by atoms with E-state index in [-0.39, 0.29) is 25.8 Å². The predicted molar refractivity (Wildman–Crippen MR) is 120 cm³/mol. The summed E-state index contributed by atoms with van der Waals surface area (Å²) in [5.41, 5.74) is 5.06. The molecule has 0 saturated carbocycles. The Hall–Kier alpha value is -2.22. The summed E-state index contributed by atoms with van der Waals surface area (Å²) in [6.07, 6.45) is 18.3. The lowest BCUT2D eigenvalue weighted by Gasteiger charge is -2.18. The molecule has 0 aliphatic heterocycles. The largest absolute Gasteiger partial charge is 0.481 e. The van der Waals surface area contributed by atoms with E-state index in [2.05, 4.69) is 18.3 Å². The smallest absolute Gasteiger partial charge is 0.304 e. The highest BCUT2D eigenvalue weighted by Crippen LogP contribution is 2.05. The molecule has 0 bridgehead atoms. The zero-order valence-corrected chi connectivity index (χ0v) is 18.0. The molecule has 0 aliphatic carbocycles. The molecular weight excluding hydrogens is 384 g/mol. The minimum Gasteiger partial charge on any atom is -0.481 e. The Labute approximate surface area is 180 Å². The summed E-state index contributed by atoms with van der Waals surface area (Å²) in [5.74, 6) is -1.45. The quantitative estimate of drug-likeness (QED) is 0.131. The third kappa shape index (κ3) is 19.1. The maximum absolute atomic E-state index is 10.9. The maximum Gasteiger partial charge on any atom is 0.304 e. The topological polar surface area (TPSA) is 133 Å². The van der Waals surface area contributed by atoms with Gasteiger partial charge in [0, 0.05) is 19.0 Å². The molecule has 7 nitrogen and oxygen atoms in total. The molecule has 7 heteroatoms. The van der Waals surface area contributed by atoms with Crippen molar-refractivity contribution >= 4 is 11.9 Å². The number of carbonyl (C=O) groups excluding carboxylic acids is 1. The number of rotatable bonds is 18. The van der Waals surface area contributed by atoms with Crippen LogP contribution in [-0.4, -0.2) is 52.0 Å². The molecule has 170 valence electrons. The molecule has 3 atom stereocenters. The highest BCUT2D eigenvalue weighted by molar-refractivity contribution is 5.73. The molecule has 30 heavy (non-hydrogen) atoms. The summed E-state index contributed by atoms with van der Waals surface area (Å²) in [6, 6.07) is -0.462. The van der Waals surface area contributed by atoms with Gasteiger partial charge in [-0.1, -0.05) is 68.4 Å². The third-order valence-electron chi connectivity index (χ3n) is 4.27. The number of aliphatic hydroxyl groups excluding tert-OH is 2. The Balaban J connectivity index is 4.23. The van der Waals surface area contributed by atoms with Crippen LogP contribution < -0.4 is 11.1 Å². The van der Waals surface area contributed by atoms with Crippen molar-refractivity contribution in [2.45, 2.75) is 76.5 Å². The molecule has 0 fully saturated rings. The van der Waals surface area contributed by atoms with Crippen LogP contribution in [0.5, 0.6) is 0 Å². The lowest BCUT2D eigenvalue weighted by Crippen LogP contribution is -2.36. The lowest BCUT2D eigenvalue weighted by molar-refractivity contribution is -0.137. The summed E-state index contributed by atoms with van der Waals surface area (Å²) in [7, 11) is 0. The van der Waals surface area contributed by atoms with E-state index >= 15 is 0 Å². The van der Waals surface area contributed by atoms with Crippen molar-refractivity contribution < 1.29 is 24.9 Å². The minimum absolute atomic E-state index is 0.109. The van der Waals surface area contributed by atoms with Gasteiger partial charge >= 0.3 is 5.97 Å². The fraction of sp³-hybridized carbons (Fsp3) is 0.565. The second kappa shape index (κ2) is 18.8. The second-order valence-electron chi connectivity index (χ2n) is 7.19. The number of nitrogens with one attached hydrogen (secondary N) is 1. The molecule has 0 spiro atoms. The van der Waals surface area contributed by atoms with E-state index in [4.69, 9.17) is 10.8 Å². The number of hydrogen-bond donors (Lipinski definition) is 5. The first kappa shape index (κ1) is 27.8. The van der Waals surface area contributed by atoms with Gasteiger partial charge in [-0.3, -0.25) is 9.59 Å². The van der Waals surface area contributed by atoms with E-state index in [0.717, 1.165) is 6.42 Å². The van der Waals surface area contributed by atoms with Crippen LogP contribution in [0.2, 0.25) is 0 Å². The highest BCUT2D eigenvalue weighted by atomic mass is 16.4. The number of amides is 1. The van der Waals surface area contributed by atoms with Gasteiger partial charge in [0.25, 0.3) is 0 Å². The second-order valence-corrected chi connectivity index (χ2v) is 7.19. The van der Waals surface area contributed by atoms with Gasteiger partial charge in [-0.25, -0.2) is 0 Å². The monoisotopic (exact) mass is 422 g/mol. The number of carbonyl (C=O) groups is 2. The number of primary amides is 1. The van der Waals surface area contributed by atoms with Crippen LogP contribution in [0.1, 0.15) is 58.3 Å². The third-order valence-corrected chi connectivity index (χ3v) is 4.27. The van der Waals surface area contributed by atoms with Crippen LogP contribution in [0.25, 0.3) is 0 Å². The Morgan fingerprint density at radius 1 is 1.00 bits per heavy atom. The molecule has 1 amide bonds. The van der Waals surface area contributed by atoms with Crippen molar-refractivity contribution in [2.75, 3.05) is 6.54 Å². The Morgan fingerprint density at radius 2 is 1.67 bits per heavy atom. The van der Waals surface area contributed by atoms with Crippen molar-refractivity contribution in [1.82, 2.24) is 5.32 Å². The van der Waals surface area contributed by atoms with Gasteiger partial charge in [0.15, 0.2) is 0 Å². The van der Waals surface area contributed by atoms with Crippen molar-refractivity contribution in [1.29, 1.82) is 0 Å². The van der Waals surface area contributed by atoms with E-state index in [0.29, 0.717) is 6.42 Å². The number of allylic oxidation sites excluding steroid dienone is 5. The molecule has 0 aliphatic rings. The van der Waals surface area contributed by atoms with Crippen LogP contribution in [0.15, 0.2) is 48.6 Å². The minimum atomic E-state index is -0.984. The molecule has 0 radical (unpaired) electrons. The molecule has 0 heterocycles. The first-order valence-electron chi connectivity index (χ1n) is 10.6. The number of aliphatic hydroxyl groups is 2. The highest BCUT2D eigenvalue weighted by Gasteiger charge is 2.16. The van der Waals surface area contributed by atoms with E-state index < -0.39 is 30.1 Å². The summed E-state index contributed by atoms with van der Waals surface area (Å²) < 4.78 is 0. The zero-order chi connectivity index (χ0) is 22.6. The molecule has 0 aromatic rings. The van der Waals surface area contributed by atoms with E-state index in [1.165, 1.54) is 19.3 Å². The van der Waals surface area contributed by atoms with Crippen molar-refractivity contribution in [3.05, 3.63) is 48.6 Å². The van der Waals surface area contributed by atoms with Crippen molar-refractivity contribution in [3.63, 3.8) is 0 Å². The van der Waals surface area contributed by atoms with E-state index in [1.54, 1.807) is 36.5 Å². The number of hydrogen-bond acceptors (Lipinski definition) is 5. The van der Waals surface area contributed by atoms with Crippen LogP contribution in [-0.2, 0) is 9.59 Å². The SMILES string of the molecule is CCCCC/C=C/CC(O)/C=C/C=C/C=C/[C@@H](O)CC(CC(=O)O)NCCC(N)=O. The van der Waals surface area contributed by atoms with Crippen LogP contribution in [0.4, 0.5) is 0 Å². The average Bonchev–Trinajstić information content (AvgIpc) is 2.66. The van der Waals surface area contributed by atoms with Crippen LogP contribution >= 0.6 is 0 Å². The number of unbranched alkanes of at least 4 members (excludes halogenated alkanes) is 3. The average molecular weight is 423 g/mol. The maximum atomic E-state index is 10.9. The zero-order valence-electron chi connectivity index (χ0n) is 18.0. The summed E-state index contributed by atoms with van der Waals surface area (Å²) >= 11 is 0. The Morgan fingerprint density at radius 3 is 2.27 bits per heavy atom. The predicted octanol–water partition coefficient (Wildman–Crippen LogP) is 2.60. The Kier molecular flexibility index (Phi) is 17.4. The van der Waals surface area contributed by atoms with Crippen LogP contribution in [0, 0.1) is 0 Å². The van der Waals surface area contributed by atoms with Gasteiger partial charge in [-0.05, 0) is 25.7 Å². The Bertz CT molecular complexity index is 584. The standard InChI is InChI=1S/C23H38N2O5/c1-2-3-4-5-6-9-12-20(26)13-10-7-8-11-14-21(27)17-19(18-23(29)30)25-16-15-22(24)28/h6-11,13-14,19-21,25-27H,2-5,12,15-18H2,1H3,(H2,24,28)(H,29,30)/b8-7+,9-6+,13-10+,14-11+/t19?,20?,21-/m1/s1. The van der Waals surface area contributed by atoms with Crippen LogP contribution in [0.3, 0.4) is 0 Å². The van der Waals surface area contributed by atoms with Gasteiger partial charge in [0.05, 0.1) is 18.6 Å². The molecule has 0 aromatic heterocycles. The summed E-state index contributed by atoms with van der Waals surface area (Å²) in [5, 5.41) is 31.8. The van der Waals surface area contributed by atoms with Gasteiger partial charge < -0.3 is 26.4 Å². The normalized spacial score (nSPS) is 15.4. The van der Waals surface area contributed by atoms with Gasteiger partial charge in [0.1, 0.15) is 0 Å². The number of nitrogens with two attached hydrogens (primary N) is 1. The van der Waals surface area contributed by atoms with Crippen molar-refractivity contribution in [3.8, 4) is 0 Å². The van der Waals surface area contributed by atoms with Crippen molar-refractivity contribution in [2.24, 2.45) is 5.73 Å². The molecule has 2 unspecified atom stereocenters.